The van der Waals surface area contributed by atoms with E-state index in [-0.39, 0.29) is 12.5 Å². The number of hydrogen-bond acceptors (Lipinski definition) is 3. The van der Waals surface area contributed by atoms with Gasteiger partial charge in [0, 0.05) is 6.42 Å². The van der Waals surface area contributed by atoms with E-state index in [1.165, 1.54) is 167 Å². The Hall–Kier alpha value is -1.13. The fourth-order valence-corrected chi connectivity index (χ4v) is 6.05. The van der Waals surface area contributed by atoms with E-state index in [0.29, 0.717) is 6.42 Å². The highest BCUT2D eigenvalue weighted by Crippen LogP contribution is 2.14. The average Bonchev–Trinajstić information content (AvgIpc) is 3.04. The van der Waals surface area contributed by atoms with Gasteiger partial charge in [0.25, 0.3) is 0 Å². The Morgan fingerprint density at radius 2 is 0.844 bits per heavy atom. The quantitative estimate of drug-likeness (QED) is 0.0475. The zero-order valence-corrected chi connectivity index (χ0v) is 30.4. The molecule has 4 nitrogen and oxygen atoms in total. The van der Waals surface area contributed by atoms with Crippen LogP contribution in [-0.4, -0.2) is 34.9 Å². The van der Waals surface area contributed by atoms with E-state index in [1.54, 1.807) is 6.08 Å². The highest BCUT2D eigenvalue weighted by atomic mass is 16.3. The number of carbonyl (C=O) groups is 1. The van der Waals surface area contributed by atoms with E-state index in [9.17, 15) is 15.0 Å². The second-order valence-corrected chi connectivity index (χ2v) is 13.7. The molecule has 0 spiro atoms. The third kappa shape index (κ3) is 34.0. The molecule has 45 heavy (non-hydrogen) atoms. The Morgan fingerprint density at radius 3 is 1.22 bits per heavy atom. The number of amides is 1. The molecule has 0 bridgehead atoms. The minimum Gasteiger partial charge on any atom is -0.394 e. The first-order valence-corrected chi connectivity index (χ1v) is 20.1. The van der Waals surface area contributed by atoms with Crippen LogP contribution in [0.2, 0.25) is 0 Å². The van der Waals surface area contributed by atoms with E-state index < -0.39 is 12.1 Å². The Labute approximate surface area is 281 Å². The molecule has 0 fully saturated rings. The third-order valence-electron chi connectivity index (χ3n) is 9.18. The van der Waals surface area contributed by atoms with Crippen LogP contribution < -0.4 is 5.32 Å². The molecule has 0 radical (unpaired) electrons. The SMILES string of the molecule is CCCCCCCCCCCC/C=C\CCCCCCCCCC(=O)NC(CO)C(O)/C=C/CCCCCCCCCCCC. The summed E-state index contributed by atoms with van der Waals surface area (Å²) in [5.41, 5.74) is 0. The number of nitrogens with one attached hydrogen (secondary N) is 1. The maximum Gasteiger partial charge on any atom is 0.220 e. The van der Waals surface area contributed by atoms with E-state index in [2.05, 4.69) is 31.3 Å². The molecule has 266 valence electrons. The molecule has 2 atom stereocenters. The van der Waals surface area contributed by atoms with Crippen LogP contribution in [0.5, 0.6) is 0 Å². The summed E-state index contributed by atoms with van der Waals surface area (Å²) in [6, 6.07) is -0.620. The second kappa shape index (κ2) is 37.3. The van der Waals surface area contributed by atoms with Crippen molar-refractivity contribution in [3.8, 4) is 0 Å². The molecular formula is C41H79NO3. The van der Waals surface area contributed by atoms with Gasteiger partial charge in [-0.05, 0) is 44.9 Å². The molecule has 0 aromatic rings. The Kier molecular flexibility index (Phi) is 36.4. The lowest BCUT2D eigenvalue weighted by atomic mass is 10.0. The highest BCUT2D eigenvalue weighted by Gasteiger charge is 2.17. The predicted octanol–water partition coefficient (Wildman–Crippen LogP) is 12.1. The fraction of sp³-hybridized carbons (Fsp3) is 0.878. The molecule has 0 aromatic heterocycles. The van der Waals surface area contributed by atoms with Gasteiger partial charge in [-0.25, -0.2) is 0 Å². The first-order chi connectivity index (χ1) is 22.2. The fourth-order valence-electron chi connectivity index (χ4n) is 6.05. The van der Waals surface area contributed by atoms with Crippen LogP contribution in [0.1, 0.15) is 213 Å². The molecule has 0 aliphatic carbocycles. The molecule has 0 saturated heterocycles. The summed E-state index contributed by atoms with van der Waals surface area (Å²) in [5.74, 6) is -0.0687. The molecule has 2 unspecified atom stereocenters. The Bertz CT molecular complexity index is 647. The largest absolute Gasteiger partial charge is 0.394 e. The monoisotopic (exact) mass is 634 g/mol. The van der Waals surface area contributed by atoms with Crippen LogP contribution in [0.4, 0.5) is 0 Å². The lowest BCUT2D eigenvalue weighted by Crippen LogP contribution is -2.45. The molecule has 0 heterocycles. The van der Waals surface area contributed by atoms with E-state index in [0.717, 1.165) is 25.7 Å². The van der Waals surface area contributed by atoms with Crippen LogP contribution in [0.15, 0.2) is 24.3 Å². The van der Waals surface area contributed by atoms with Crippen LogP contribution >= 0.6 is 0 Å². The molecular weight excluding hydrogens is 554 g/mol. The second-order valence-electron chi connectivity index (χ2n) is 13.7. The highest BCUT2D eigenvalue weighted by molar-refractivity contribution is 5.76. The van der Waals surface area contributed by atoms with Crippen LogP contribution in [0.25, 0.3) is 0 Å². The summed E-state index contributed by atoms with van der Waals surface area (Å²) in [4.78, 5) is 12.3. The summed E-state index contributed by atoms with van der Waals surface area (Å²) in [5, 5.41) is 22.9. The number of hydrogen-bond donors (Lipinski definition) is 3. The lowest BCUT2D eigenvalue weighted by Gasteiger charge is -2.20. The number of aliphatic hydroxyl groups is 2. The average molecular weight is 634 g/mol. The Morgan fingerprint density at radius 1 is 0.511 bits per heavy atom. The van der Waals surface area contributed by atoms with Gasteiger partial charge in [0.05, 0.1) is 18.8 Å². The van der Waals surface area contributed by atoms with E-state index in [4.69, 9.17) is 0 Å². The van der Waals surface area contributed by atoms with Gasteiger partial charge in [0.2, 0.25) is 5.91 Å². The van der Waals surface area contributed by atoms with Crippen molar-refractivity contribution in [1.82, 2.24) is 5.32 Å². The van der Waals surface area contributed by atoms with Crippen molar-refractivity contribution in [3.05, 3.63) is 24.3 Å². The van der Waals surface area contributed by atoms with Crippen molar-refractivity contribution in [3.63, 3.8) is 0 Å². The van der Waals surface area contributed by atoms with Gasteiger partial charge in [-0.3, -0.25) is 4.79 Å². The first-order valence-electron chi connectivity index (χ1n) is 20.1. The summed E-state index contributed by atoms with van der Waals surface area (Å²) >= 11 is 0. The minimum absolute atomic E-state index is 0.0687. The number of unbranched alkanes of at least 4 members (excludes halogenated alkanes) is 27. The van der Waals surface area contributed by atoms with Gasteiger partial charge in [-0.2, -0.15) is 0 Å². The standard InChI is InChI=1S/C41H79NO3/c1-3-5-7-9-11-13-15-17-18-19-20-21-22-23-24-25-27-29-31-33-35-37-41(45)42-39(38-43)40(44)36-34-32-30-28-26-16-14-12-10-8-6-4-2/h21-22,34,36,39-40,43-44H,3-20,23-33,35,37-38H2,1-2H3,(H,42,45)/b22-21-,36-34+. The number of allylic oxidation sites excluding steroid dienone is 3. The topological polar surface area (TPSA) is 69.6 Å². The molecule has 0 saturated carbocycles. The molecule has 0 aromatic carbocycles. The maximum absolute atomic E-state index is 12.3. The van der Waals surface area contributed by atoms with E-state index in [1.807, 2.05) is 6.08 Å². The molecule has 0 aliphatic heterocycles. The predicted molar refractivity (Wildman–Crippen MR) is 198 cm³/mol. The van der Waals surface area contributed by atoms with Gasteiger partial charge in [0.15, 0.2) is 0 Å². The van der Waals surface area contributed by atoms with E-state index >= 15 is 0 Å². The maximum atomic E-state index is 12.3. The minimum atomic E-state index is -0.836. The third-order valence-corrected chi connectivity index (χ3v) is 9.18. The summed E-state index contributed by atoms with van der Waals surface area (Å²) in [7, 11) is 0. The van der Waals surface area contributed by atoms with Gasteiger partial charge in [0.1, 0.15) is 0 Å². The summed E-state index contributed by atoms with van der Waals surface area (Å²) < 4.78 is 0. The van der Waals surface area contributed by atoms with Crippen molar-refractivity contribution >= 4 is 5.91 Å². The Balaban J connectivity index is 3.56. The number of carbonyl (C=O) groups excluding carboxylic acids is 1. The van der Waals surface area contributed by atoms with Crippen LogP contribution in [0, 0.1) is 0 Å². The molecule has 4 heteroatoms. The molecule has 1 amide bonds. The van der Waals surface area contributed by atoms with Gasteiger partial charge >= 0.3 is 0 Å². The van der Waals surface area contributed by atoms with Crippen molar-refractivity contribution in [2.45, 2.75) is 225 Å². The normalized spacial score (nSPS) is 13.2. The smallest absolute Gasteiger partial charge is 0.220 e. The van der Waals surface area contributed by atoms with Crippen molar-refractivity contribution in [1.29, 1.82) is 0 Å². The first kappa shape index (κ1) is 43.9. The number of aliphatic hydroxyl groups excluding tert-OH is 2. The van der Waals surface area contributed by atoms with Gasteiger partial charge in [-0.15, -0.1) is 0 Å². The van der Waals surface area contributed by atoms with Crippen LogP contribution in [0.3, 0.4) is 0 Å². The summed E-state index contributed by atoms with van der Waals surface area (Å²) in [6.45, 7) is 4.30. The molecule has 0 aliphatic rings. The van der Waals surface area contributed by atoms with Crippen LogP contribution in [-0.2, 0) is 4.79 Å². The van der Waals surface area contributed by atoms with Crippen molar-refractivity contribution in [2.24, 2.45) is 0 Å². The van der Waals surface area contributed by atoms with Crippen molar-refractivity contribution in [2.75, 3.05) is 6.61 Å². The molecule has 0 rings (SSSR count). The summed E-state index contributed by atoms with van der Waals surface area (Å²) in [6.07, 6.45) is 47.0. The number of rotatable bonds is 36. The zero-order chi connectivity index (χ0) is 32.9. The molecule has 3 N–H and O–H groups in total. The van der Waals surface area contributed by atoms with Crippen molar-refractivity contribution < 1.29 is 15.0 Å². The zero-order valence-electron chi connectivity index (χ0n) is 30.4. The lowest BCUT2D eigenvalue weighted by molar-refractivity contribution is -0.123. The van der Waals surface area contributed by atoms with Gasteiger partial charge < -0.3 is 15.5 Å². The van der Waals surface area contributed by atoms with Gasteiger partial charge in [-0.1, -0.05) is 186 Å².